The molecule has 1 aromatic carbocycles. The van der Waals surface area contributed by atoms with E-state index in [1.807, 2.05) is 6.92 Å². The van der Waals surface area contributed by atoms with E-state index in [0.717, 1.165) is 6.42 Å². The average molecular weight is 222 g/mol. The zero-order valence-electron chi connectivity index (χ0n) is 11.1. The molecule has 16 heavy (non-hydrogen) atoms. The van der Waals surface area contributed by atoms with Crippen LogP contribution in [0, 0.1) is 5.92 Å². The molecule has 1 nitrogen and oxygen atoms in total. The SMILES string of the molecule is CCC(C)CO.CCC(C)c1ccccc1. The molecule has 1 aromatic rings. The van der Waals surface area contributed by atoms with Gasteiger partial charge in [-0.3, -0.25) is 0 Å². The van der Waals surface area contributed by atoms with Crippen molar-refractivity contribution < 1.29 is 5.11 Å². The standard InChI is InChI=1S/C10H14.C5H12O/c1-3-9(2)10-7-5-4-6-8-10;1-3-5(2)4-6/h4-9H,3H2,1-2H3;5-6H,3-4H2,1-2H3. The van der Waals surface area contributed by atoms with E-state index in [2.05, 4.69) is 51.1 Å². The predicted octanol–water partition coefficient (Wildman–Crippen LogP) is 4.22. The maximum Gasteiger partial charge on any atom is 0.0456 e. The summed E-state index contributed by atoms with van der Waals surface area (Å²) in [6.45, 7) is 8.91. The molecule has 0 spiro atoms. The Hall–Kier alpha value is -0.820. The van der Waals surface area contributed by atoms with Crippen LogP contribution in [0.15, 0.2) is 30.3 Å². The topological polar surface area (TPSA) is 20.2 Å². The summed E-state index contributed by atoms with van der Waals surface area (Å²) in [5, 5.41) is 8.33. The summed E-state index contributed by atoms with van der Waals surface area (Å²) < 4.78 is 0. The molecular formula is C15H26O. The van der Waals surface area contributed by atoms with Crippen molar-refractivity contribution in [3.63, 3.8) is 0 Å². The van der Waals surface area contributed by atoms with Gasteiger partial charge in [0.15, 0.2) is 0 Å². The average Bonchev–Trinajstić information content (AvgIpc) is 2.38. The maximum atomic E-state index is 8.33. The van der Waals surface area contributed by atoms with Gasteiger partial charge in [-0.1, -0.05) is 64.4 Å². The van der Waals surface area contributed by atoms with Crippen molar-refractivity contribution in [2.75, 3.05) is 6.61 Å². The lowest BCUT2D eigenvalue weighted by atomic mass is 9.99. The number of rotatable bonds is 4. The summed E-state index contributed by atoms with van der Waals surface area (Å²) in [6.07, 6.45) is 2.31. The van der Waals surface area contributed by atoms with E-state index < -0.39 is 0 Å². The van der Waals surface area contributed by atoms with Crippen LogP contribution >= 0.6 is 0 Å². The molecule has 0 amide bonds. The van der Waals surface area contributed by atoms with Crippen LogP contribution in [0.4, 0.5) is 0 Å². The minimum atomic E-state index is 0.330. The van der Waals surface area contributed by atoms with Crippen LogP contribution in [0.2, 0.25) is 0 Å². The van der Waals surface area contributed by atoms with Crippen molar-refractivity contribution in [2.24, 2.45) is 5.92 Å². The third-order valence-corrected chi connectivity index (χ3v) is 2.99. The van der Waals surface area contributed by atoms with E-state index in [9.17, 15) is 0 Å². The van der Waals surface area contributed by atoms with Crippen LogP contribution in [-0.4, -0.2) is 11.7 Å². The van der Waals surface area contributed by atoms with Gasteiger partial charge in [-0.2, -0.15) is 0 Å². The monoisotopic (exact) mass is 222 g/mol. The van der Waals surface area contributed by atoms with Crippen LogP contribution in [-0.2, 0) is 0 Å². The summed E-state index contributed by atoms with van der Waals surface area (Å²) in [5.41, 5.74) is 1.45. The molecule has 1 N–H and O–H groups in total. The summed E-state index contributed by atoms with van der Waals surface area (Å²) >= 11 is 0. The Morgan fingerprint density at radius 3 is 1.88 bits per heavy atom. The zero-order valence-corrected chi connectivity index (χ0v) is 11.1. The molecule has 0 heterocycles. The zero-order chi connectivity index (χ0) is 12.4. The van der Waals surface area contributed by atoms with Gasteiger partial charge in [-0.15, -0.1) is 0 Å². The van der Waals surface area contributed by atoms with Crippen molar-refractivity contribution in [3.8, 4) is 0 Å². The second-order valence-corrected chi connectivity index (χ2v) is 4.42. The number of hydrogen-bond donors (Lipinski definition) is 1. The summed E-state index contributed by atoms with van der Waals surface area (Å²) in [6, 6.07) is 10.6. The van der Waals surface area contributed by atoms with Gasteiger partial charge in [0.2, 0.25) is 0 Å². The lowest BCUT2D eigenvalue weighted by Crippen LogP contribution is -1.96. The first-order valence-electron chi connectivity index (χ1n) is 6.31. The van der Waals surface area contributed by atoms with Crippen LogP contribution in [0.1, 0.15) is 52.0 Å². The van der Waals surface area contributed by atoms with Crippen molar-refractivity contribution >= 4 is 0 Å². The molecule has 0 aliphatic heterocycles. The van der Waals surface area contributed by atoms with Crippen LogP contribution in [0.25, 0.3) is 0 Å². The van der Waals surface area contributed by atoms with Crippen molar-refractivity contribution in [2.45, 2.75) is 46.5 Å². The van der Waals surface area contributed by atoms with Crippen LogP contribution in [0.3, 0.4) is 0 Å². The minimum absolute atomic E-state index is 0.330. The molecule has 0 radical (unpaired) electrons. The van der Waals surface area contributed by atoms with Crippen LogP contribution < -0.4 is 0 Å². The summed E-state index contributed by atoms with van der Waals surface area (Å²) in [7, 11) is 0. The Bertz CT molecular complexity index is 239. The van der Waals surface area contributed by atoms with E-state index in [1.54, 1.807) is 0 Å². The van der Waals surface area contributed by atoms with E-state index in [1.165, 1.54) is 12.0 Å². The van der Waals surface area contributed by atoms with Crippen molar-refractivity contribution in [3.05, 3.63) is 35.9 Å². The maximum absolute atomic E-state index is 8.33. The fourth-order valence-electron chi connectivity index (χ4n) is 1.15. The molecule has 2 atom stereocenters. The highest BCUT2D eigenvalue weighted by Crippen LogP contribution is 2.16. The van der Waals surface area contributed by atoms with Gasteiger partial charge >= 0.3 is 0 Å². The molecule has 92 valence electrons. The number of hydrogen-bond acceptors (Lipinski definition) is 1. The Kier molecular flexibility index (Phi) is 8.93. The molecular weight excluding hydrogens is 196 g/mol. The van der Waals surface area contributed by atoms with Crippen LogP contribution in [0.5, 0.6) is 0 Å². The molecule has 0 saturated carbocycles. The first kappa shape index (κ1) is 15.2. The van der Waals surface area contributed by atoms with E-state index >= 15 is 0 Å². The Labute approximate surface area is 101 Å². The molecule has 0 aliphatic carbocycles. The first-order valence-corrected chi connectivity index (χ1v) is 6.31. The van der Waals surface area contributed by atoms with E-state index in [-0.39, 0.29) is 0 Å². The summed E-state index contributed by atoms with van der Waals surface area (Å²) in [4.78, 5) is 0. The summed E-state index contributed by atoms with van der Waals surface area (Å²) in [5.74, 6) is 1.20. The Morgan fingerprint density at radius 2 is 1.56 bits per heavy atom. The second kappa shape index (κ2) is 9.41. The molecule has 0 aliphatic rings. The highest BCUT2D eigenvalue weighted by Gasteiger charge is 1.98. The quantitative estimate of drug-likeness (QED) is 0.808. The molecule has 0 bridgehead atoms. The molecule has 0 saturated heterocycles. The molecule has 1 heteroatoms. The third kappa shape index (κ3) is 6.62. The molecule has 2 unspecified atom stereocenters. The van der Waals surface area contributed by atoms with Gasteiger partial charge < -0.3 is 5.11 Å². The fraction of sp³-hybridized carbons (Fsp3) is 0.600. The number of aliphatic hydroxyl groups excluding tert-OH is 1. The van der Waals surface area contributed by atoms with E-state index in [4.69, 9.17) is 5.11 Å². The Balaban J connectivity index is 0.000000325. The molecule has 0 fully saturated rings. The van der Waals surface area contributed by atoms with E-state index in [0.29, 0.717) is 18.4 Å². The Morgan fingerprint density at radius 1 is 1.00 bits per heavy atom. The lowest BCUT2D eigenvalue weighted by Gasteiger charge is -2.06. The molecule has 0 aromatic heterocycles. The van der Waals surface area contributed by atoms with Gasteiger partial charge in [0.25, 0.3) is 0 Å². The van der Waals surface area contributed by atoms with Gasteiger partial charge in [-0.25, -0.2) is 0 Å². The fourth-order valence-corrected chi connectivity index (χ4v) is 1.15. The van der Waals surface area contributed by atoms with Gasteiger partial charge in [0, 0.05) is 6.61 Å². The minimum Gasteiger partial charge on any atom is -0.396 e. The highest BCUT2D eigenvalue weighted by atomic mass is 16.3. The largest absolute Gasteiger partial charge is 0.396 e. The van der Waals surface area contributed by atoms with Gasteiger partial charge in [-0.05, 0) is 23.8 Å². The predicted molar refractivity (Wildman–Crippen MR) is 71.7 cm³/mol. The van der Waals surface area contributed by atoms with Gasteiger partial charge in [0.1, 0.15) is 0 Å². The lowest BCUT2D eigenvalue weighted by molar-refractivity contribution is 0.234. The number of benzene rings is 1. The van der Waals surface area contributed by atoms with Crippen molar-refractivity contribution in [1.82, 2.24) is 0 Å². The van der Waals surface area contributed by atoms with Gasteiger partial charge in [0.05, 0.1) is 0 Å². The molecule has 1 rings (SSSR count). The highest BCUT2D eigenvalue weighted by molar-refractivity contribution is 5.18. The number of aliphatic hydroxyl groups is 1. The first-order chi connectivity index (χ1) is 7.65. The second-order valence-electron chi connectivity index (χ2n) is 4.42. The third-order valence-electron chi connectivity index (χ3n) is 2.99. The smallest absolute Gasteiger partial charge is 0.0456 e. The normalized spacial score (nSPS) is 13.6. The van der Waals surface area contributed by atoms with Crippen molar-refractivity contribution in [1.29, 1.82) is 0 Å².